The largest absolute Gasteiger partial charge is 0.480 e. The van der Waals surface area contributed by atoms with Crippen LogP contribution >= 0.6 is 0 Å². The minimum atomic E-state index is -1.08. The van der Waals surface area contributed by atoms with Crippen molar-refractivity contribution in [3.8, 4) is 11.1 Å². The molecule has 0 bridgehead atoms. The van der Waals surface area contributed by atoms with Gasteiger partial charge < -0.3 is 14.4 Å². The Morgan fingerprint density at radius 3 is 2.30 bits per heavy atom. The Labute approximate surface area is 174 Å². The fourth-order valence-corrected chi connectivity index (χ4v) is 3.96. The quantitative estimate of drug-likeness (QED) is 0.652. The van der Waals surface area contributed by atoms with Crippen molar-refractivity contribution < 1.29 is 19.4 Å². The lowest BCUT2D eigenvalue weighted by atomic mass is 9.98. The fourth-order valence-electron chi connectivity index (χ4n) is 3.96. The van der Waals surface area contributed by atoms with E-state index in [2.05, 4.69) is 17.1 Å². The summed E-state index contributed by atoms with van der Waals surface area (Å²) in [5, 5.41) is 9.22. The predicted octanol–water partition coefficient (Wildman–Crippen LogP) is 3.30. The van der Waals surface area contributed by atoms with Crippen LogP contribution in [0.5, 0.6) is 0 Å². The van der Waals surface area contributed by atoms with Crippen molar-refractivity contribution in [1.82, 2.24) is 14.5 Å². The van der Waals surface area contributed by atoms with Crippen LogP contribution in [-0.2, 0) is 23.0 Å². The third kappa shape index (κ3) is 3.91. The van der Waals surface area contributed by atoms with Crippen molar-refractivity contribution in [1.29, 1.82) is 0 Å². The topological polar surface area (TPSA) is 84.7 Å². The number of carboxylic acids is 1. The van der Waals surface area contributed by atoms with Crippen LogP contribution in [0.15, 0.2) is 61.1 Å². The van der Waals surface area contributed by atoms with Gasteiger partial charge in [0.2, 0.25) is 0 Å². The number of fused-ring (bicyclic) bond motifs is 3. The first-order valence-corrected chi connectivity index (χ1v) is 9.81. The molecule has 0 unspecified atom stereocenters. The van der Waals surface area contributed by atoms with Gasteiger partial charge in [-0.3, -0.25) is 9.69 Å². The molecule has 0 saturated carbocycles. The van der Waals surface area contributed by atoms with Gasteiger partial charge in [-0.15, -0.1) is 0 Å². The summed E-state index contributed by atoms with van der Waals surface area (Å²) in [7, 11) is 1.86. The number of carbonyl (C=O) groups is 2. The smallest absolute Gasteiger partial charge is 0.410 e. The number of hydrogen-bond donors (Lipinski definition) is 1. The first-order chi connectivity index (χ1) is 14.5. The molecular formula is C23H23N3O4. The zero-order valence-electron chi connectivity index (χ0n) is 16.7. The number of aromatic nitrogens is 2. The summed E-state index contributed by atoms with van der Waals surface area (Å²) in [6.07, 6.45) is 3.25. The van der Waals surface area contributed by atoms with Crippen LogP contribution in [0.25, 0.3) is 11.1 Å². The number of carbonyl (C=O) groups excluding carboxylic acids is 1. The number of imidazole rings is 1. The zero-order chi connectivity index (χ0) is 21.1. The Bertz CT molecular complexity index is 1030. The lowest BCUT2D eigenvalue weighted by Gasteiger charge is -2.22. The van der Waals surface area contributed by atoms with Crippen LogP contribution in [0.1, 0.15) is 22.7 Å². The van der Waals surface area contributed by atoms with Crippen LogP contribution in [0.3, 0.4) is 0 Å². The Morgan fingerprint density at radius 1 is 1.10 bits per heavy atom. The number of nitrogens with zero attached hydrogens (tertiary/aromatic N) is 3. The summed E-state index contributed by atoms with van der Waals surface area (Å²) < 4.78 is 7.45. The molecule has 0 spiro atoms. The van der Waals surface area contributed by atoms with Gasteiger partial charge in [0.25, 0.3) is 0 Å². The molecule has 0 atom stereocenters. The van der Waals surface area contributed by atoms with Gasteiger partial charge in [-0.2, -0.15) is 0 Å². The molecule has 1 amide bonds. The third-order valence-electron chi connectivity index (χ3n) is 5.47. The Hall–Kier alpha value is -3.61. The molecule has 0 fully saturated rings. The maximum Gasteiger partial charge on any atom is 0.410 e. The Morgan fingerprint density at radius 2 is 1.73 bits per heavy atom. The molecule has 1 N–H and O–H groups in total. The summed E-state index contributed by atoms with van der Waals surface area (Å²) in [4.78, 5) is 29.3. The monoisotopic (exact) mass is 405 g/mol. The number of benzene rings is 2. The van der Waals surface area contributed by atoms with Crippen LogP contribution in [0, 0.1) is 0 Å². The number of carboxylic acid groups (broad SMARTS) is 1. The summed E-state index contributed by atoms with van der Waals surface area (Å²) in [5.41, 5.74) is 5.44. The number of aryl methyl sites for hydroxylation is 1. The average molecular weight is 405 g/mol. The van der Waals surface area contributed by atoms with Crippen molar-refractivity contribution in [2.75, 3.05) is 19.7 Å². The van der Waals surface area contributed by atoms with E-state index in [1.807, 2.05) is 48.0 Å². The summed E-state index contributed by atoms with van der Waals surface area (Å²) >= 11 is 0. The zero-order valence-corrected chi connectivity index (χ0v) is 16.7. The van der Waals surface area contributed by atoms with Crippen molar-refractivity contribution in [3.05, 3.63) is 77.9 Å². The second-order valence-electron chi connectivity index (χ2n) is 7.37. The fraction of sp³-hybridized carbons (Fsp3) is 0.261. The minimum absolute atomic E-state index is 0.0647. The SMILES string of the molecule is Cn1cncc1CCN(CC(=O)O)C(=O)OCC1c2ccccc2-c2ccccc21. The van der Waals surface area contributed by atoms with Crippen molar-refractivity contribution in [3.63, 3.8) is 0 Å². The first kappa shape index (κ1) is 19.7. The second-order valence-corrected chi connectivity index (χ2v) is 7.37. The normalized spacial score (nSPS) is 12.3. The molecule has 154 valence electrons. The molecule has 2 aromatic carbocycles. The summed E-state index contributed by atoms with van der Waals surface area (Å²) in [6, 6.07) is 16.2. The van der Waals surface area contributed by atoms with Crippen molar-refractivity contribution >= 4 is 12.1 Å². The molecule has 1 aromatic heterocycles. The highest BCUT2D eigenvalue weighted by molar-refractivity contribution is 5.79. The van der Waals surface area contributed by atoms with Crippen LogP contribution in [0.4, 0.5) is 4.79 Å². The van der Waals surface area contributed by atoms with Gasteiger partial charge >= 0.3 is 12.1 Å². The van der Waals surface area contributed by atoms with E-state index < -0.39 is 18.6 Å². The molecule has 0 radical (unpaired) electrons. The summed E-state index contributed by atoms with van der Waals surface area (Å²) in [6.45, 7) is -0.00821. The molecule has 7 heteroatoms. The van der Waals surface area contributed by atoms with Gasteiger partial charge in [-0.05, 0) is 22.3 Å². The van der Waals surface area contributed by atoms with Gasteiger partial charge in [0, 0.05) is 37.8 Å². The van der Waals surface area contributed by atoms with Gasteiger partial charge in [-0.1, -0.05) is 48.5 Å². The third-order valence-corrected chi connectivity index (χ3v) is 5.47. The predicted molar refractivity (Wildman–Crippen MR) is 111 cm³/mol. The molecular weight excluding hydrogens is 382 g/mol. The standard InChI is InChI=1S/C23H23N3O4/c1-25-15-24-12-16(25)10-11-26(13-22(27)28)23(29)30-14-21-19-8-4-2-6-17(19)18-7-3-5-9-20(18)21/h2-9,12,15,21H,10-11,13-14H2,1H3,(H,27,28). The average Bonchev–Trinajstić information content (AvgIpc) is 3.30. The molecule has 1 heterocycles. The highest BCUT2D eigenvalue weighted by atomic mass is 16.6. The van der Waals surface area contributed by atoms with Crippen molar-refractivity contribution in [2.45, 2.75) is 12.3 Å². The molecule has 7 nitrogen and oxygen atoms in total. The first-order valence-electron chi connectivity index (χ1n) is 9.81. The number of hydrogen-bond acceptors (Lipinski definition) is 4. The number of rotatable bonds is 7. The van der Waals surface area contributed by atoms with E-state index in [4.69, 9.17) is 4.74 Å². The Kier molecular flexibility index (Phi) is 5.52. The van der Waals surface area contributed by atoms with E-state index in [1.165, 1.54) is 4.90 Å². The number of ether oxygens (including phenoxy) is 1. The molecule has 1 aliphatic rings. The maximum atomic E-state index is 12.7. The van der Waals surface area contributed by atoms with Gasteiger partial charge in [0.05, 0.1) is 6.33 Å². The molecule has 30 heavy (non-hydrogen) atoms. The van der Waals surface area contributed by atoms with E-state index in [1.54, 1.807) is 12.5 Å². The second kappa shape index (κ2) is 8.41. The maximum absolute atomic E-state index is 12.7. The van der Waals surface area contributed by atoms with Gasteiger partial charge in [0.15, 0.2) is 0 Å². The van der Waals surface area contributed by atoms with Crippen LogP contribution in [-0.4, -0.2) is 51.3 Å². The van der Waals surface area contributed by atoms with Crippen LogP contribution in [0.2, 0.25) is 0 Å². The van der Waals surface area contributed by atoms with E-state index in [9.17, 15) is 14.7 Å². The highest BCUT2D eigenvalue weighted by Crippen LogP contribution is 2.44. The summed E-state index contributed by atoms with van der Waals surface area (Å²) in [5.74, 6) is -1.14. The highest BCUT2D eigenvalue weighted by Gasteiger charge is 2.30. The van der Waals surface area contributed by atoms with E-state index >= 15 is 0 Å². The molecule has 0 saturated heterocycles. The Balaban J connectivity index is 1.46. The van der Waals surface area contributed by atoms with E-state index in [-0.39, 0.29) is 19.1 Å². The molecule has 1 aliphatic carbocycles. The molecule has 3 aromatic rings. The van der Waals surface area contributed by atoms with Crippen molar-refractivity contribution in [2.24, 2.45) is 7.05 Å². The number of aliphatic carboxylic acids is 1. The van der Waals surface area contributed by atoms with E-state index in [0.29, 0.717) is 6.42 Å². The molecule has 4 rings (SSSR count). The van der Waals surface area contributed by atoms with E-state index in [0.717, 1.165) is 27.9 Å². The van der Waals surface area contributed by atoms with Gasteiger partial charge in [0.1, 0.15) is 13.2 Å². The van der Waals surface area contributed by atoms with Crippen LogP contribution < -0.4 is 0 Å². The minimum Gasteiger partial charge on any atom is -0.480 e. The lowest BCUT2D eigenvalue weighted by Crippen LogP contribution is -2.38. The van der Waals surface area contributed by atoms with Gasteiger partial charge in [-0.25, -0.2) is 9.78 Å². The number of amides is 1. The lowest BCUT2D eigenvalue weighted by molar-refractivity contribution is -0.138. The molecule has 0 aliphatic heterocycles.